The molecule has 0 spiro atoms. The lowest BCUT2D eigenvalue weighted by atomic mass is 9.51. The van der Waals surface area contributed by atoms with Crippen LogP contribution in [0.15, 0.2) is 97.2 Å². The minimum absolute atomic E-state index is 0.0531. The predicted octanol–water partition coefficient (Wildman–Crippen LogP) is 5.37. The summed E-state index contributed by atoms with van der Waals surface area (Å²) < 4.78 is 0. The first-order valence-electron chi connectivity index (χ1n) is 13.7. The second-order valence-electron chi connectivity index (χ2n) is 11.2. The number of nitrogens with zero attached hydrogens (tertiary/aromatic N) is 1. The van der Waals surface area contributed by atoms with Gasteiger partial charge in [-0.05, 0) is 73.1 Å². The average Bonchev–Trinajstić information content (AvgIpc) is 2.97. The van der Waals surface area contributed by atoms with E-state index in [9.17, 15) is 19.8 Å². The molecular weight excluding hydrogens is 500 g/mol. The van der Waals surface area contributed by atoms with Crippen LogP contribution < -0.4 is 5.32 Å². The van der Waals surface area contributed by atoms with Gasteiger partial charge in [0.05, 0.1) is 17.5 Å². The Labute approximate surface area is 233 Å². The molecule has 1 aromatic heterocycles. The summed E-state index contributed by atoms with van der Waals surface area (Å²) in [5.74, 6) is -0.560. The number of rotatable bonds is 5. The number of ketones is 1. The van der Waals surface area contributed by atoms with Crippen molar-refractivity contribution < 1.29 is 19.8 Å². The van der Waals surface area contributed by atoms with Crippen LogP contribution in [0.2, 0.25) is 0 Å². The number of aryl methyl sites for hydroxylation is 1. The molecule has 0 unspecified atom stereocenters. The molecular formula is C34H32N2O4. The first kappa shape index (κ1) is 26.1. The highest BCUT2D eigenvalue weighted by atomic mass is 16.3. The van der Waals surface area contributed by atoms with E-state index in [1.54, 1.807) is 30.5 Å². The maximum atomic E-state index is 13.7. The fraction of sp³-hybridized carbons (Fsp3) is 0.265. The Morgan fingerprint density at radius 3 is 2.42 bits per heavy atom. The summed E-state index contributed by atoms with van der Waals surface area (Å²) in [4.78, 5) is 31.1. The van der Waals surface area contributed by atoms with Gasteiger partial charge in [-0.25, -0.2) is 0 Å². The number of hydrogen-bond acceptors (Lipinski definition) is 5. The van der Waals surface area contributed by atoms with Crippen molar-refractivity contribution in [3.63, 3.8) is 0 Å². The number of pyridine rings is 1. The summed E-state index contributed by atoms with van der Waals surface area (Å²) >= 11 is 0. The van der Waals surface area contributed by atoms with Gasteiger partial charge >= 0.3 is 0 Å². The fourth-order valence-corrected chi connectivity index (χ4v) is 6.79. The zero-order chi connectivity index (χ0) is 27.9. The molecule has 6 rings (SSSR count). The predicted molar refractivity (Wildman–Crippen MR) is 153 cm³/mol. The SMILES string of the molecule is Cc1ncccc1NC(=O)c1ccc2c(c1)C(=O)C[C@@H]1C[C@@](O)(c3ccccc3)[C@H](O)C[C@@]21Cc1ccccc1. The number of anilines is 1. The molecule has 0 bridgehead atoms. The number of hydrogen-bond donors (Lipinski definition) is 3. The van der Waals surface area contributed by atoms with Crippen molar-refractivity contribution in [3.8, 4) is 0 Å². The summed E-state index contributed by atoms with van der Waals surface area (Å²) in [5.41, 5.74) is 2.78. The Hall–Kier alpha value is -4.13. The van der Waals surface area contributed by atoms with E-state index in [4.69, 9.17) is 0 Å². The van der Waals surface area contributed by atoms with Gasteiger partial charge in [-0.15, -0.1) is 0 Å². The molecule has 4 atom stereocenters. The average molecular weight is 533 g/mol. The normalized spacial score (nSPS) is 25.5. The quantitative estimate of drug-likeness (QED) is 0.321. The third kappa shape index (κ3) is 4.43. The van der Waals surface area contributed by atoms with E-state index < -0.39 is 17.1 Å². The summed E-state index contributed by atoms with van der Waals surface area (Å²) in [6.45, 7) is 1.82. The van der Waals surface area contributed by atoms with Gasteiger partial charge in [0.2, 0.25) is 0 Å². The number of carbonyl (C=O) groups excluding carboxylic acids is 2. The van der Waals surface area contributed by atoms with Crippen LogP contribution in [0.3, 0.4) is 0 Å². The fourth-order valence-electron chi connectivity index (χ4n) is 6.79. The van der Waals surface area contributed by atoms with Crippen LogP contribution in [-0.4, -0.2) is 33.0 Å². The lowest BCUT2D eigenvalue weighted by Crippen LogP contribution is -2.57. The first-order chi connectivity index (χ1) is 19.3. The molecule has 6 heteroatoms. The van der Waals surface area contributed by atoms with Gasteiger partial charge in [0.1, 0.15) is 5.60 Å². The number of benzene rings is 3. The first-order valence-corrected chi connectivity index (χ1v) is 13.7. The van der Waals surface area contributed by atoms with Gasteiger partial charge < -0.3 is 15.5 Å². The standard InChI is InChI=1S/C34H32N2O4/c1-22-29(13-8-16-35-22)36-32(39)24-14-15-28-27(17-24)30(37)18-26-20-34(40,25-11-6-3-7-12-25)31(38)21-33(26,28)19-23-9-4-2-5-10-23/h2-17,26,31,38,40H,18-21H2,1H3,(H,36,39)/t26-,31-,33-,34-/m1/s1. The minimum Gasteiger partial charge on any atom is -0.390 e. The van der Waals surface area contributed by atoms with Gasteiger partial charge in [0.25, 0.3) is 5.91 Å². The molecule has 1 amide bonds. The van der Waals surface area contributed by atoms with Crippen molar-refractivity contribution >= 4 is 17.4 Å². The zero-order valence-electron chi connectivity index (χ0n) is 22.4. The van der Waals surface area contributed by atoms with E-state index in [0.29, 0.717) is 40.9 Å². The summed E-state index contributed by atoms with van der Waals surface area (Å²) in [6.07, 6.45) is 2.03. The lowest BCUT2D eigenvalue weighted by Gasteiger charge is -2.55. The molecule has 202 valence electrons. The molecule has 0 saturated heterocycles. The lowest BCUT2D eigenvalue weighted by molar-refractivity contribution is -0.143. The van der Waals surface area contributed by atoms with Crippen LogP contribution in [0.1, 0.15) is 62.4 Å². The van der Waals surface area contributed by atoms with Crippen LogP contribution in [0, 0.1) is 12.8 Å². The number of aliphatic hydroxyl groups is 2. The number of nitrogens with one attached hydrogen (secondary N) is 1. The summed E-state index contributed by atoms with van der Waals surface area (Å²) in [5, 5.41) is 26.3. The minimum atomic E-state index is -1.45. The molecule has 2 aliphatic rings. The van der Waals surface area contributed by atoms with Crippen molar-refractivity contribution in [3.05, 3.63) is 131 Å². The molecule has 3 aromatic carbocycles. The number of carbonyl (C=O) groups is 2. The van der Waals surface area contributed by atoms with Crippen LogP contribution in [0.5, 0.6) is 0 Å². The van der Waals surface area contributed by atoms with E-state index in [-0.39, 0.29) is 30.4 Å². The molecule has 3 N–H and O–H groups in total. The smallest absolute Gasteiger partial charge is 0.255 e. The van der Waals surface area contributed by atoms with Gasteiger partial charge in [-0.3, -0.25) is 14.6 Å². The third-order valence-electron chi connectivity index (χ3n) is 8.89. The maximum Gasteiger partial charge on any atom is 0.255 e. The molecule has 1 fully saturated rings. The summed E-state index contributed by atoms with van der Waals surface area (Å²) in [6, 6.07) is 28.2. The van der Waals surface area contributed by atoms with E-state index in [0.717, 1.165) is 11.1 Å². The molecule has 4 aromatic rings. The van der Waals surface area contributed by atoms with E-state index in [1.807, 2.05) is 61.5 Å². The van der Waals surface area contributed by atoms with E-state index in [2.05, 4.69) is 22.4 Å². The van der Waals surface area contributed by atoms with Crippen molar-refractivity contribution in [2.24, 2.45) is 5.92 Å². The highest BCUT2D eigenvalue weighted by Gasteiger charge is 2.57. The largest absolute Gasteiger partial charge is 0.390 e. The molecule has 1 saturated carbocycles. The highest BCUT2D eigenvalue weighted by Crippen LogP contribution is 2.56. The van der Waals surface area contributed by atoms with Crippen LogP contribution in [0.4, 0.5) is 5.69 Å². The number of fused-ring (bicyclic) bond motifs is 3. The number of amides is 1. The monoisotopic (exact) mass is 532 g/mol. The van der Waals surface area contributed by atoms with Crippen LogP contribution in [-0.2, 0) is 17.4 Å². The second-order valence-corrected chi connectivity index (χ2v) is 11.2. The number of aliphatic hydroxyl groups excluding tert-OH is 1. The van der Waals surface area contributed by atoms with Crippen molar-refractivity contribution in [2.75, 3.05) is 5.32 Å². The number of Topliss-reactive ketones (excluding diaryl/α,β-unsaturated/α-hetero) is 1. The Morgan fingerprint density at radius 1 is 0.975 bits per heavy atom. The molecule has 40 heavy (non-hydrogen) atoms. The van der Waals surface area contributed by atoms with Gasteiger partial charge in [0.15, 0.2) is 5.78 Å². The summed E-state index contributed by atoms with van der Waals surface area (Å²) in [7, 11) is 0. The van der Waals surface area contributed by atoms with E-state index >= 15 is 0 Å². The molecule has 1 heterocycles. The molecule has 0 aliphatic heterocycles. The zero-order valence-corrected chi connectivity index (χ0v) is 22.4. The Morgan fingerprint density at radius 2 is 1.70 bits per heavy atom. The molecule has 2 aliphatic carbocycles. The second kappa shape index (κ2) is 10.1. The van der Waals surface area contributed by atoms with Crippen LogP contribution in [0.25, 0.3) is 0 Å². The maximum absolute atomic E-state index is 13.7. The Balaban J connectivity index is 1.42. The topological polar surface area (TPSA) is 99.5 Å². The van der Waals surface area contributed by atoms with Crippen molar-refractivity contribution in [2.45, 2.75) is 49.7 Å². The molecule has 0 radical (unpaired) electrons. The van der Waals surface area contributed by atoms with Gasteiger partial charge in [-0.1, -0.05) is 66.7 Å². The van der Waals surface area contributed by atoms with Crippen molar-refractivity contribution in [1.29, 1.82) is 0 Å². The highest BCUT2D eigenvalue weighted by molar-refractivity contribution is 6.07. The molecule has 6 nitrogen and oxygen atoms in total. The van der Waals surface area contributed by atoms with Crippen molar-refractivity contribution in [1.82, 2.24) is 4.98 Å². The third-order valence-corrected chi connectivity index (χ3v) is 8.89. The van der Waals surface area contributed by atoms with E-state index in [1.165, 1.54) is 0 Å². The van der Waals surface area contributed by atoms with Gasteiger partial charge in [-0.2, -0.15) is 0 Å². The van der Waals surface area contributed by atoms with Gasteiger partial charge in [0, 0.05) is 29.2 Å². The Bertz CT molecular complexity index is 1570. The number of aromatic nitrogens is 1. The Kier molecular flexibility index (Phi) is 6.61. The van der Waals surface area contributed by atoms with Crippen LogP contribution >= 0.6 is 0 Å².